The molecule has 0 spiro atoms. The van der Waals surface area contributed by atoms with E-state index in [1.165, 1.54) is 36.5 Å². The van der Waals surface area contributed by atoms with Crippen molar-refractivity contribution in [1.29, 1.82) is 0 Å². The van der Waals surface area contributed by atoms with Gasteiger partial charge in [0, 0.05) is 17.7 Å². The molecule has 0 atom stereocenters. The quantitative estimate of drug-likeness (QED) is 0.924. The summed E-state index contributed by atoms with van der Waals surface area (Å²) < 4.78 is 14.3. The van der Waals surface area contributed by atoms with Crippen molar-refractivity contribution in [2.24, 2.45) is 0 Å². The first-order chi connectivity index (χ1) is 9.00. The lowest BCUT2D eigenvalue weighted by Gasteiger charge is -2.19. The summed E-state index contributed by atoms with van der Waals surface area (Å²) in [5, 5.41) is 0. The predicted molar refractivity (Wildman–Crippen MR) is 75.5 cm³/mol. The lowest BCUT2D eigenvalue weighted by Crippen LogP contribution is -2.27. The van der Waals surface area contributed by atoms with Crippen LogP contribution in [-0.4, -0.2) is 17.9 Å². The maximum Gasteiger partial charge on any atom is 0.261 e. The first kappa shape index (κ1) is 13.5. The number of rotatable bonds is 2. The topological polar surface area (TPSA) is 59.2 Å². The fraction of sp³-hybridized carbons (Fsp3) is 0.0769. The zero-order chi connectivity index (χ0) is 14.0. The van der Waals surface area contributed by atoms with Crippen molar-refractivity contribution in [2.75, 3.05) is 17.7 Å². The lowest BCUT2D eigenvalue weighted by molar-refractivity contribution is 0.0989. The Kier molecular flexibility index (Phi) is 3.80. The first-order valence-electron chi connectivity index (χ1n) is 5.43. The number of aromatic nitrogens is 1. The largest absolute Gasteiger partial charge is 0.396 e. The molecule has 1 amide bonds. The number of carbonyl (C=O) groups is 1. The number of benzene rings is 1. The minimum absolute atomic E-state index is 0.0121. The number of nitrogen functional groups attached to an aromatic ring is 1. The summed E-state index contributed by atoms with van der Waals surface area (Å²) in [4.78, 5) is 17.4. The highest BCUT2D eigenvalue weighted by molar-refractivity contribution is 9.10. The molecule has 2 rings (SSSR count). The average Bonchev–Trinajstić information content (AvgIpc) is 2.38. The number of hydrogen-bond donors (Lipinski definition) is 1. The molecular weight excluding hydrogens is 313 g/mol. The lowest BCUT2D eigenvalue weighted by atomic mass is 10.2. The maximum atomic E-state index is 13.8. The summed E-state index contributed by atoms with van der Waals surface area (Å²) in [6.07, 6.45) is 2.96. The van der Waals surface area contributed by atoms with Crippen LogP contribution < -0.4 is 10.6 Å². The molecule has 2 aromatic rings. The summed E-state index contributed by atoms with van der Waals surface area (Å²) in [5.74, 6) is -1.05. The molecule has 1 heterocycles. The Balaban J connectivity index is 2.37. The Morgan fingerprint density at radius 1 is 1.42 bits per heavy atom. The number of nitrogens with two attached hydrogens (primary N) is 1. The van der Waals surface area contributed by atoms with Gasteiger partial charge < -0.3 is 10.6 Å². The highest BCUT2D eigenvalue weighted by Crippen LogP contribution is 2.23. The molecule has 0 aliphatic heterocycles. The minimum atomic E-state index is -0.584. The highest BCUT2D eigenvalue weighted by Gasteiger charge is 2.19. The van der Waals surface area contributed by atoms with Crippen molar-refractivity contribution in [3.8, 4) is 0 Å². The van der Waals surface area contributed by atoms with Crippen molar-refractivity contribution in [2.45, 2.75) is 0 Å². The Bertz CT molecular complexity index is 633. The molecule has 0 radical (unpaired) electrons. The van der Waals surface area contributed by atoms with Crippen LogP contribution in [0.15, 0.2) is 41.1 Å². The van der Waals surface area contributed by atoms with Gasteiger partial charge in [0.2, 0.25) is 0 Å². The molecule has 4 nitrogen and oxygen atoms in total. The van der Waals surface area contributed by atoms with Gasteiger partial charge >= 0.3 is 0 Å². The van der Waals surface area contributed by atoms with Gasteiger partial charge in [-0.1, -0.05) is 15.9 Å². The second kappa shape index (κ2) is 5.36. The van der Waals surface area contributed by atoms with Crippen LogP contribution in [-0.2, 0) is 0 Å². The van der Waals surface area contributed by atoms with Gasteiger partial charge in [0.15, 0.2) is 0 Å². The van der Waals surface area contributed by atoms with E-state index in [2.05, 4.69) is 20.9 Å². The van der Waals surface area contributed by atoms with E-state index < -0.39 is 11.7 Å². The number of amides is 1. The van der Waals surface area contributed by atoms with Crippen LogP contribution in [0.25, 0.3) is 0 Å². The number of nitrogens with zero attached hydrogens (tertiary/aromatic N) is 2. The van der Waals surface area contributed by atoms with Gasteiger partial charge in [-0.3, -0.25) is 9.78 Å². The average molecular weight is 324 g/mol. The second-order valence-electron chi connectivity index (χ2n) is 3.92. The zero-order valence-electron chi connectivity index (χ0n) is 10.1. The molecular formula is C13H11BrFN3O. The van der Waals surface area contributed by atoms with Gasteiger partial charge in [-0.2, -0.15) is 0 Å². The number of carbonyl (C=O) groups excluding carboxylic acids is 1. The molecule has 1 aromatic carbocycles. The number of hydrogen-bond acceptors (Lipinski definition) is 3. The number of anilines is 2. The Morgan fingerprint density at radius 3 is 2.79 bits per heavy atom. The Labute approximate surface area is 118 Å². The SMILES string of the molecule is CN(C(=O)c1ccc(Br)cc1F)c1ccncc1N. The van der Waals surface area contributed by atoms with Crippen LogP contribution in [0.2, 0.25) is 0 Å². The Morgan fingerprint density at radius 2 is 2.16 bits per heavy atom. The van der Waals surface area contributed by atoms with E-state index in [-0.39, 0.29) is 5.56 Å². The van der Waals surface area contributed by atoms with Crippen molar-refractivity contribution >= 4 is 33.2 Å². The number of halogens is 2. The fourth-order valence-corrected chi connectivity index (χ4v) is 1.99. The Hall–Kier alpha value is -1.95. The van der Waals surface area contributed by atoms with E-state index in [9.17, 15) is 9.18 Å². The third-order valence-electron chi connectivity index (χ3n) is 2.66. The van der Waals surface area contributed by atoms with Crippen molar-refractivity contribution in [3.63, 3.8) is 0 Å². The summed E-state index contributed by atoms with van der Waals surface area (Å²) in [5.41, 5.74) is 6.58. The third-order valence-corrected chi connectivity index (χ3v) is 3.15. The molecule has 98 valence electrons. The molecule has 0 saturated heterocycles. The second-order valence-corrected chi connectivity index (χ2v) is 4.84. The van der Waals surface area contributed by atoms with Gasteiger partial charge in [0.05, 0.1) is 23.1 Å². The van der Waals surface area contributed by atoms with Gasteiger partial charge in [-0.25, -0.2) is 4.39 Å². The van der Waals surface area contributed by atoms with Crippen molar-refractivity contribution in [1.82, 2.24) is 4.98 Å². The van der Waals surface area contributed by atoms with E-state index in [0.717, 1.165) is 0 Å². The van der Waals surface area contributed by atoms with E-state index in [1.54, 1.807) is 12.1 Å². The highest BCUT2D eigenvalue weighted by atomic mass is 79.9. The first-order valence-corrected chi connectivity index (χ1v) is 6.22. The summed E-state index contributed by atoms with van der Waals surface area (Å²) in [7, 11) is 1.54. The van der Waals surface area contributed by atoms with Gasteiger partial charge in [0.1, 0.15) is 5.82 Å². The standard InChI is InChI=1S/C13H11BrFN3O/c1-18(12-4-5-17-7-11(12)16)13(19)9-3-2-8(14)6-10(9)15/h2-7H,16H2,1H3. The van der Waals surface area contributed by atoms with E-state index in [0.29, 0.717) is 15.8 Å². The molecule has 0 aliphatic rings. The molecule has 0 aliphatic carbocycles. The fourth-order valence-electron chi connectivity index (χ4n) is 1.66. The molecule has 2 N–H and O–H groups in total. The van der Waals surface area contributed by atoms with E-state index >= 15 is 0 Å². The van der Waals surface area contributed by atoms with E-state index in [4.69, 9.17) is 5.73 Å². The van der Waals surface area contributed by atoms with Crippen molar-refractivity contribution < 1.29 is 9.18 Å². The smallest absolute Gasteiger partial charge is 0.261 e. The van der Waals surface area contributed by atoms with Gasteiger partial charge in [0.25, 0.3) is 5.91 Å². The van der Waals surface area contributed by atoms with Crippen LogP contribution in [0.3, 0.4) is 0 Å². The van der Waals surface area contributed by atoms with Gasteiger partial charge in [-0.15, -0.1) is 0 Å². The van der Waals surface area contributed by atoms with Crippen LogP contribution in [0.5, 0.6) is 0 Å². The maximum absolute atomic E-state index is 13.8. The predicted octanol–water partition coefficient (Wildman–Crippen LogP) is 2.84. The molecule has 0 unspecified atom stereocenters. The zero-order valence-corrected chi connectivity index (χ0v) is 11.7. The minimum Gasteiger partial charge on any atom is -0.396 e. The van der Waals surface area contributed by atoms with E-state index in [1.807, 2.05) is 0 Å². The van der Waals surface area contributed by atoms with Gasteiger partial charge in [-0.05, 0) is 24.3 Å². The monoisotopic (exact) mass is 323 g/mol. The van der Waals surface area contributed by atoms with Crippen LogP contribution in [0.4, 0.5) is 15.8 Å². The molecule has 0 saturated carbocycles. The molecule has 6 heteroatoms. The van der Waals surface area contributed by atoms with Crippen LogP contribution in [0, 0.1) is 5.82 Å². The molecule has 1 aromatic heterocycles. The molecule has 0 fully saturated rings. The normalized spacial score (nSPS) is 10.3. The van der Waals surface area contributed by atoms with Crippen LogP contribution in [0.1, 0.15) is 10.4 Å². The summed E-state index contributed by atoms with van der Waals surface area (Å²) in [6, 6.07) is 5.89. The summed E-state index contributed by atoms with van der Waals surface area (Å²) in [6.45, 7) is 0. The van der Waals surface area contributed by atoms with Crippen LogP contribution >= 0.6 is 15.9 Å². The third kappa shape index (κ3) is 2.73. The van der Waals surface area contributed by atoms with Crippen molar-refractivity contribution in [3.05, 3.63) is 52.5 Å². The molecule has 0 bridgehead atoms. The molecule has 19 heavy (non-hydrogen) atoms. The number of pyridine rings is 1. The summed E-state index contributed by atoms with van der Waals surface area (Å²) >= 11 is 3.15.